The predicted octanol–water partition coefficient (Wildman–Crippen LogP) is 3.93. The monoisotopic (exact) mass is 266 g/mol. The molecule has 0 bridgehead atoms. The van der Waals surface area contributed by atoms with Gasteiger partial charge >= 0.3 is 0 Å². The Balaban J connectivity index is 2.27. The first kappa shape index (κ1) is 12.8. The Hall–Kier alpha value is -1.68. The Labute approximate surface area is 110 Å². The molecule has 18 heavy (non-hydrogen) atoms. The van der Waals surface area contributed by atoms with Crippen molar-refractivity contribution in [1.82, 2.24) is 9.97 Å². The number of aryl methyl sites for hydroxylation is 2. The smallest absolute Gasteiger partial charge is 0.224 e. The maximum atomic E-state index is 13.1. The summed E-state index contributed by atoms with van der Waals surface area (Å²) in [6.07, 6.45) is 0.666. The lowest BCUT2D eigenvalue weighted by molar-refractivity contribution is 0.456. The van der Waals surface area contributed by atoms with E-state index < -0.39 is 0 Å². The van der Waals surface area contributed by atoms with Crippen molar-refractivity contribution >= 4 is 11.6 Å². The number of aromatic nitrogens is 2. The molecule has 0 aliphatic heterocycles. The summed E-state index contributed by atoms with van der Waals surface area (Å²) in [6.45, 7) is 3.60. The van der Waals surface area contributed by atoms with E-state index in [-0.39, 0.29) is 5.82 Å². The average Bonchev–Trinajstić information content (AvgIpc) is 2.33. The number of halogens is 2. The highest BCUT2D eigenvalue weighted by Gasteiger charge is 2.06. The fourth-order valence-corrected chi connectivity index (χ4v) is 1.64. The lowest BCUT2D eigenvalue weighted by Gasteiger charge is -2.07. The van der Waals surface area contributed by atoms with E-state index in [4.69, 9.17) is 16.3 Å². The first-order valence-corrected chi connectivity index (χ1v) is 5.93. The molecule has 1 aromatic heterocycles. The highest BCUT2D eigenvalue weighted by Crippen LogP contribution is 2.23. The van der Waals surface area contributed by atoms with E-state index in [0.717, 1.165) is 0 Å². The van der Waals surface area contributed by atoms with Crippen molar-refractivity contribution in [2.45, 2.75) is 20.3 Å². The van der Waals surface area contributed by atoms with Crippen molar-refractivity contribution in [3.05, 3.63) is 46.6 Å². The second kappa shape index (κ2) is 5.31. The van der Waals surface area contributed by atoms with Crippen molar-refractivity contribution in [2.24, 2.45) is 0 Å². The quantitative estimate of drug-likeness (QED) is 0.790. The maximum Gasteiger partial charge on any atom is 0.224 e. The fraction of sp³-hybridized carbons (Fsp3) is 0.231. The summed E-state index contributed by atoms with van der Waals surface area (Å²) in [4.78, 5) is 8.23. The largest absolute Gasteiger partial charge is 0.439 e. The normalized spacial score (nSPS) is 10.4. The number of hydrogen-bond acceptors (Lipinski definition) is 3. The van der Waals surface area contributed by atoms with E-state index in [1.165, 1.54) is 12.1 Å². The highest BCUT2D eigenvalue weighted by molar-refractivity contribution is 6.29. The van der Waals surface area contributed by atoms with Gasteiger partial charge in [0.25, 0.3) is 0 Å². The van der Waals surface area contributed by atoms with Gasteiger partial charge < -0.3 is 4.74 Å². The highest BCUT2D eigenvalue weighted by atomic mass is 35.5. The van der Waals surface area contributed by atoms with Crippen molar-refractivity contribution < 1.29 is 9.13 Å². The van der Waals surface area contributed by atoms with Crippen LogP contribution in [-0.2, 0) is 6.42 Å². The van der Waals surface area contributed by atoms with Gasteiger partial charge in [0.2, 0.25) is 5.88 Å². The molecule has 0 atom stereocenters. The van der Waals surface area contributed by atoms with Gasteiger partial charge in [0.15, 0.2) is 0 Å². The number of benzene rings is 1. The molecule has 0 saturated carbocycles. The second-order valence-electron chi connectivity index (χ2n) is 3.81. The van der Waals surface area contributed by atoms with E-state index in [1.807, 2.05) is 6.92 Å². The summed E-state index contributed by atoms with van der Waals surface area (Å²) in [5.74, 6) is 1.22. The molecule has 3 nitrogen and oxygen atoms in total. The van der Waals surface area contributed by atoms with Crippen molar-refractivity contribution in [3.63, 3.8) is 0 Å². The van der Waals surface area contributed by atoms with Crippen LogP contribution in [0.25, 0.3) is 0 Å². The van der Waals surface area contributed by atoms with Crippen LogP contribution in [0.1, 0.15) is 18.3 Å². The Bertz CT molecular complexity index is 575. The van der Waals surface area contributed by atoms with Crippen LogP contribution in [-0.4, -0.2) is 9.97 Å². The Morgan fingerprint density at radius 1 is 1.28 bits per heavy atom. The molecule has 0 fully saturated rings. The summed E-state index contributed by atoms with van der Waals surface area (Å²) in [5, 5.41) is 0.329. The minimum atomic E-state index is -0.266. The molecule has 2 aromatic rings. The Morgan fingerprint density at radius 2 is 2.06 bits per heavy atom. The molecule has 0 aliphatic carbocycles. The summed E-state index contributed by atoms with van der Waals surface area (Å²) in [5.41, 5.74) is 0.517. The van der Waals surface area contributed by atoms with Crippen LogP contribution in [0, 0.1) is 12.7 Å². The molecule has 0 N–H and O–H groups in total. The number of hydrogen-bond donors (Lipinski definition) is 0. The van der Waals surface area contributed by atoms with Gasteiger partial charge in [-0.3, -0.25) is 0 Å². The van der Waals surface area contributed by atoms with Crippen LogP contribution in [0.4, 0.5) is 4.39 Å². The number of rotatable bonds is 3. The van der Waals surface area contributed by atoms with Gasteiger partial charge in [-0.25, -0.2) is 9.37 Å². The van der Waals surface area contributed by atoms with E-state index >= 15 is 0 Å². The van der Waals surface area contributed by atoms with Crippen LogP contribution in [0.15, 0.2) is 24.3 Å². The lowest BCUT2D eigenvalue weighted by atomic mass is 10.2. The zero-order chi connectivity index (χ0) is 13.1. The zero-order valence-corrected chi connectivity index (χ0v) is 10.8. The van der Waals surface area contributed by atoms with E-state index in [9.17, 15) is 4.39 Å². The standard InChI is InChI=1S/C13H12ClFN2O/c1-3-12-16-11(14)7-13(17-12)18-9-4-5-10(15)8(2)6-9/h4-7H,3H2,1-2H3. The van der Waals surface area contributed by atoms with E-state index in [2.05, 4.69) is 9.97 Å². The molecule has 1 aromatic carbocycles. The number of ether oxygens (including phenoxy) is 1. The summed E-state index contributed by atoms with van der Waals surface area (Å²) >= 11 is 5.86. The molecule has 0 spiro atoms. The van der Waals surface area contributed by atoms with E-state index in [0.29, 0.717) is 34.6 Å². The Morgan fingerprint density at radius 3 is 2.72 bits per heavy atom. The fourth-order valence-electron chi connectivity index (χ4n) is 1.45. The molecule has 5 heteroatoms. The molecule has 0 amide bonds. The van der Waals surface area contributed by atoms with Crippen LogP contribution in [0.3, 0.4) is 0 Å². The minimum Gasteiger partial charge on any atom is -0.439 e. The van der Waals surface area contributed by atoms with Crippen LogP contribution >= 0.6 is 11.6 Å². The van der Waals surface area contributed by atoms with Gasteiger partial charge in [0.05, 0.1) is 0 Å². The first-order valence-electron chi connectivity index (χ1n) is 5.56. The second-order valence-corrected chi connectivity index (χ2v) is 4.20. The van der Waals surface area contributed by atoms with Gasteiger partial charge in [-0.1, -0.05) is 18.5 Å². The molecule has 0 aliphatic rings. The first-order chi connectivity index (χ1) is 8.58. The third-order valence-corrected chi connectivity index (χ3v) is 2.58. The minimum absolute atomic E-state index is 0.266. The van der Waals surface area contributed by atoms with Gasteiger partial charge in [0, 0.05) is 12.5 Å². The van der Waals surface area contributed by atoms with Crippen LogP contribution < -0.4 is 4.74 Å². The van der Waals surface area contributed by atoms with Gasteiger partial charge in [0.1, 0.15) is 22.5 Å². The molecular formula is C13H12ClFN2O. The SMILES string of the molecule is CCc1nc(Cl)cc(Oc2ccc(F)c(C)c2)n1. The molecule has 2 rings (SSSR count). The maximum absolute atomic E-state index is 13.1. The average molecular weight is 267 g/mol. The molecule has 0 unspecified atom stereocenters. The van der Waals surface area contributed by atoms with E-state index in [1.54, 1.807) is 19.1 Å². The third-order valence-electron chi connectivity index (χ3n) is 2.39. The molecule has 1 heterocycles. The molecule has 0 saturated heterocycles. The lowest BCUT2D eigenvalue weighted by Crippen LogP contribution is -1.96. The summed E-state index contributed by atoms with van der Waals surface area (Å²) in [7, 11) is 0. The van der Waals surface area contributed by atoms with Gasteiger partial charge in [-0.05, 0) is 30.7 Å². The van der Waals surface area contributed by atoms with Crippen LogP contribution in [0.5, 0.6) is 11.6 Å². The van der Waals surface area contributed by atoms with Crippen molar-refractivity contribution in [3.8, 4) is 11.6 Å². The van der Waals surface area contributed by atoms with Crippen LogP contribution in [0.2, 0.25) is 5.15 Å². The Kier molecular flexibility index (Phi) is 3.77. The van der Waals surface area contributed by atoms with Crippen molar-refractivity contribution in [1.29, 1.82) is 0 Å². The van der Waals surface area contributed by atoms with Gasteiger partial charge in [-0.15, -0.1) is 0 Å². The summed E-state index contributed by atoms with van der Waals surface area (Å²) in [6, 6.07) is 6.04. The topological polar surface area (TPSA) is 35.0 Å². The molecule has 94 valence electrons. The molecule has 0 radical (unpaired) electrons. The van der Waals surface area contributed by atoms with Gasteiger partial charge in [-0.2, -0.15) is 4.98 Å². The number of nitrogens with zero attached hydrogens (tertiary/aromatic N) is 2. The summed E-state index contributed by atoms with van der Waals surface area (Å²) < 4.78 is 18.7. The predicted molar refractivity (Wildman–Crippen MR) is 67.6 cm³/mol. The zero-order valence-electron chi connectivity index (χ0n) is 10.1. The van der Waals surface area contributed by atoms with Crippen molar-refractivity contribution in [2.75, 3.05) is 0 Å². The molecular weight excluding hydrogens is 255 g/mol. The third kappa shape index (κ3) is 2.96.